The van der Waals surface area contributed by atoms with Crippen molar-refractivity contribution in [3.8, 4) is 11.5 Å². The minimum Gasteiger partial charge on any atom is -0.480 e. The van der Waals surface area contributed by atoms with Gasteiger partial charge in [-0.3, -0.25) is 14.4 Å². The maximum Gasteiger partial charge on any atom is 0.249 e. The maximum absolute atomic E-state index is 14.1. The highest BCUT2D eigenvalue weighted by Crippen LogP contribution is 2.72. The van der Waals surface area contributed by atoms with Gasteiger partial charge in [-0.2, -0.15) is 0 Å². The second kappa shape index (κ2) is 6.09. The topological polar surface area (TPSA) is 88.2 Å². The predicted octanol–water partition coefficient (Wildman–Crippen LogP) is 3.21. The van der Waals surface area contributed by atoms with E-state index in [2.05, 4.69) is 19.2 Å². The number of likely N-dealkylation sites (N-methyl/N-ethyl adjacent to an activating group) is 1. The van der Waals surface area contributed by atoms with Crippen LogP contribution in [-0.4, -0.2) is 57.8 Å². The van der Waals surface area contributed by atoms with Crippen LogP contribution < -0.4 is 14.8 Å². The third-order valence-electron chi connectivity index (χ3n) is 10.8. The normalized spacial score (nSPS) is 40.3. The smallest absolute Gasteiger partial charge is 0.249 e. The van der Waals surface area contributed by atoms with Crippen molar-refractivity contribution in [2.75, 3.05) is 18.9 Å². The molecule has 5 unspecified atom stereocenters. The average molecular weight is 492 g/mol. The molecule has 3 spiro atoms. The molecular weight excluding hydrogens is 458 g/mol. The van der Waals surface area contributed by atoms with E-state index >= 15 is 0 Å². The highest BCUT2D eigenvalue weighted by Gasteiger charge is 2.81. The summed E-state index contributed by atoms with van der Waals surface area (Å²) in [6.45, 7) is 10.8. The van der Waals surface area contributed by atoms with Gasteiger partial charge in [-0.05, 0) is 61.6 Å². The van der Waals surface area contributed by atoms with Gasteiger partial charge in [0.2, 0.25) is 17.7 Å². The Hall–Kier alpha value is -3.03. The highest BCUT2D eigenvalue weighted by atomic mass is 16.5. The molecule has 0 aromatic heterocycles. The van der Waals surface area contributed by atoms with Crippen molar-refractivity contribution >= 4 is 23.4 Å². The van der Waals surface area contributed by atoms with Crippen LogP contribution in [0.3, 0.4) is 0 Å². The molecule has 1 aromatic carbocycles. The van der Waals surface area contributed by atoms with Crippen LogP contribution in [-0.2, 0) is 19.8 Å². The van der Waals surface area contributed by atoms with Gasteiger partial charge in [0.15, 0.2) is 11.5 Å². The van der Waals surface area contributed by atoms with Crippen molar-refractivity contribution in [2.45, 2.75) is 76.0 Å². The van der Waals surface area contributed by atoms with Crippen LogP contribution >= 0.6 is 0 Å². The molecular formula is C28H33N3O5. The Morgan fingerprint density at radius 2 is 1.86 bits per heavy atom. The summed E-state index contributed by atoms with van der Waals surface area (Å²) in [5.74, 6) is 1.12. The molecule has 3 amide bonds. The van der Waals surface area contributed by atoms with E-state index in [-0.39, 0.29) is 29.6 Å². The minimum absolute atomic E-state index is 0.0286. The van der Waals surface area contributed by atoms with Crippen LogP contribution in [0.1, 0.15) is 59.4 Å². The molecule has 1 N–H and O–H groups in total. The number of carbonyl (C=O) groups is 3. The first kappa shape index (κ1) is 22.2. The number of hydrogen-bond acceptors (Lipinski definition) is 5. The number of anilines is 1. The van der Waals surface area contributed by atoms with Crippen LogP contribution in [0.15, 0.2) is 24.5 Å². The number of benzene rings is 1. The van der Waals surface area contributed by atoms with Gasteiger partial charge >= 0.3 is 0 Å². The third-order valence-corrected chi connectivity index (χ3v) is 10.8. The summed E-state index contributed by atoms with van der Waals surface area (Å²) < 4.78 is 12.2. The Balaban J connectivity index is 1.42. The summed E-state index contributed by atoms with van der Waals surface area (Å²) in [6, 6.07) is 3.89. The van der Waals surface area contributed by atoms with Crippen molar-refractivity contribution in [1.82, 2.24) is 9.80 Å². The molecule has 1 aromatic rings. The van der Waals surface area contributed by atoms with E-state index < -0.39 is 27.5 Å². The quantitative estimate of drug-likeness (QED) is 0.602. The molecule has 8 heteroatoms. The fraction of sp³-hybridized carbons (Fsp3) is 0.607. The number of amides is 3. The standard InChI is InChI=1S/C28H33N3O5/c1-15-11-19(32)31-14-26-13-27(25(4,5)18(26)12-28(15,31)23(34)30(26)6)16-7-8-17-21(20(16)29-22(27)33)35-10-9-24(2,3)36-17/h7-10,15,18H,11-14H2,1-6H3,(H,29,33). The zero-order chi connectivity index (χ0) is 25.6. The van der Waals surface area contributed by atoms with E-state index in [9.17, 15) is 14.4 Å². The first-order chi connectivity index (χ1) is 16.8. The monoisotopic (exact) mass is 491 g/mol. The van der Waals surface area contributed by atoms with Crippen LogP contribution in [0.2, 0.25) is 0 Å². The van der Waals surface area contributed by atoms with Crippen LogP contribution in [0.4, 0.5) is 5.69 Å². The molecule has 7 aliphatic rings. The molecule has 1 saturated carbocycles. The third kappa shape index (κ3) is 2.10. The van der Waals surface area contributed by atoms with E-state index in [0.717, 1.165) is 5.56 Å². The van der Waals surface area contributed by atoms with Gasteiger partial charge < -0.3 is 24.6 Å². The second-order valence-corrected chi connectivity index (χ2v) is 12.9. The number of piperidine rings is 2. The van der Waals surface area contributed by atoms with Gasteiger partial charge in [0.05, 0.1) is 22.9 Å². The lowest BCUT2D eigenvalue weighted by atomic mass is 9.56. The minimum atomic E-state index is -0.872. The van der Waals surface area contributed by atoms with Crippen molar-refractivity contribution < 1.29 is 23.9 Å². The molecule has 1 aliphatic carbocycles. The van der Waals surface area contributed by atoms with Crippen molar-refractivity contribution in [3.05, 3.63) is 30.0 Å². The molecule has 6 heterocycles. The number of piperazine rings is 1. The summed E-state index contributed by atoms with van der Waals surface area (Å²) in [5, 5.41) is 3.16. The number of ether oxygens (including phenoxy) is 2. The second-order valence-electron chi connectivity index (χ2n) is 12.9. The molecule has 190 valence electrons. The molecule has 8 nitrogen and oxygen atoms in total. The highest BCUT2D eigenvalue weighted by molar-refractivity contribution is 6.10. The van der Waals surface area contributed by atoms with Crippen LogP contribution in [0, 0.1) is 17.3 Å². The fourth-order valence-corrected chi connectivity index (χ4v) is 8.89. The largest absolute Gasteiger partial charge is 0.480 e. The van der Waals surface area contributed by atoms with Crippen molar-refractivity contribution in [2.24, 2.45) is 17.3 Å². The molecule has 5 atom stereocenters. The lowest BCUT2D eigenvalue weighted by molar-refractivity contribution is -0.192. The number of nitrogens with one attached hydrogen (secondary N) is 1. The van der Waals surface area contributed by atoms with E-state index in [1.807, 2.05) is 55.8 Å². The van der Waals surface area contributed by atoms with E-state index in [1.54, 1.807) is 6.26 Å². The lowest BCUT2D eigenvalue weighted by Crippen LogP contribution is -2.80. The lowest BCUT2D eigenvalue weighted by Gasteiger charge is -2.64. The average Bonchev–Trinajstić information content (AvgIpc) is 3.25. The number of hydrogen-bond donors (Lipinski definition) is 1. The van der Waals surface area contributed by atoms with Gasteiger partial charge in [-0.1, -0.05) is 26.8 Å². The predicted molar refractivity (Wildman–Crippen MR) is 131 cm³/mol. The van der Waals surface area contributed by atoms with E-state index in [0.29, 0.717) is 43.0 Å². The van der Waals surface area contributed by atoms with Crippen LogP contribution in [0.25, 0.3) is 0 Å². The Bertz CT molecular complexity index is 1320. The molecule has 8 rings (SSSR count). The Kier molecular flexibility index (Phi) is 3.75. The van der Waals surface area contributed by atoms with Gasteiger partial charge in [0.1, 0.15) is 11.1 Å². The van der Waals surface area contributed by atoms with E-state index in [1.165, 1.54) is 0 Å². The molecule has 36 heavy (non-hydrogen) atoms. The van der Waals surface area contributed by atoms with Crippen molar-refractivity contribution in [3.63, 3.8) is 0 Å². The van der Waals surface area contributed by atoms with Gasteiger partial charge in [0.25, 0.3) is 0 Å². The molecule has 5 fully saturated rings. The molecule has 2 bridgehead atoms. The summed E-state index contributed by atoms with van der Waals surface area (Å²) in [6.07, 6.45) is 4.94. The SMILES string of the molecule is CC1CC(=O)N2CC34CC5(C(=O)Nc6c5ccc5c6OC=CC(C)(C)O5)C(C)(C)C3CC12C(=O)N4C. The van der Waals surface area contributed by atoms with Crippen molar-refractivity contribution in [1.29, 1.82) is 0 Å². The van der Waals surface area contributed by atoms with Gasteiger partial charge in [-0.15, -0.1) is 0 Å². The summed E-state index contributed by atoms with van der Waals surface area (Å²) in [7, 11) is 1.88. The number of carbonyl (C=O) groups excluding carboxylic acids is 3. The number of nitrogens with zero attached hydrogens (tertiary/aromatic N) is 2. The zero-order valence-corrected chi connectivity index (χ0v) is 21.7. The van der Waals surface area contributed by atoms with Gasteiger partial charge in [0, 0.05) is 20.0 Å². The molecule has 4 saturated heterocycles. The first-order valence-corrected chi connectivity index (χ1v) is 12.9. The maximum atomic E-state index is 14.1. The fourth-order valence-electron chi connectivity index (χ4n) is 8.89. The Labute approximate surface area is 211 Å². The van der Waals surface area contributed by atoms with E-state index in [4.69, 9.17) is 9.47 Å². The summed E-state index contributed by atoms with van der Waals surface area (Å²) >= 11 is 0. The summed E-state index contributed by atoms with van der Waals surface area (Å²) in [5.41, 5.74) is -1.77. The molecule has 0 radical (unpaired) electrons. The summed E-state index contributed by atoms with van der Waals surface area (Å²) in [4.78, 5) is 44.9. The van der Waals surface area contributed by atoms with Crippen LogP contribution in [0.5, 0.6) is 11.5 Å². The molecule has 6 aliphatic heterocycles. The number of rotatable bonds is 0. The Morgan fingerprint density at radius 3 is 2.61 bits per heavy atom. The Morgan fingerprint density at radius 1 is 1.11 bits per heavy atom. The first-order valence-electron chi connectivity index (χ1n) is 12.9. The van der Waals surface area contributed by atoms with Gasteiger partial charge in [-0.25, -0.2) is 0 Å². The zero-order valence-electron chi connectivity index (χ0n) is 21.7. The number of fused-ring (bicyclic) bond motifs is 5.